The number of H-pyrrole nitrogens is 1. The van der Waals surface area contributed by atoms with Crippen molar-refractivity contribution in [2.45, 2.75) is 13.0 Å². The number of aromatic nitrogens is 2. The van der Waals surface area contributed by atoms with Gasteiger partial charge in [-0.3, -0.25) is 4.79 Å². The fourth-order valence-electron chi connectivity index (χ4n) is 3.55. The Labute approximate surface area is 210 Å². The largest absolute Gasteiger partial charge is 0.493 e. The van der Waals surface area contributed by atoms with Crippen molar-refractivity contribution in [3.63, 3.8) is 0 Å². The lowest BCUT2D eigenvalue weighted by Gasteiger charge is -2.15. The summed E-state index contributed by atoms with van der Waals surface area (Å²) in [6.07, 6.45) is 0.498. The first kappa shape index (κ1) is 26.0. The number of hydrogen-bond acceptors (Lipinski definition) is 7. The molecule has 0 amide bonds. The van der Waals surface area contributed by atoms with Crippen LogP contribution in [0.1, 0.15) is 21.7 Å². The second-order valence-electron chi connectivity index (χ2n) is 7.66. The van der Waals surface area contributed by atoms with Gasteiger partial charge in [0, 0.05) is 31.6 Å². The van der Waals surface area contributed by atoms with E-state index < -0.39 is 47.0 Å². The Hall–Kier alpha value is -4.10. The number of nitrogens with zero attached hydrogens (tertiary/aromatic N) is 1. The maximum atomic E-state index is 14.7. The van der Waals surface area contributed by atoms with Crippen LogP contribution in [0, 0.1) is 17.5 Å². The highest BCUT2D eigenvalue weighted by atomic mass is 32.1. The van der Waals surface area contributed by atoms with Gasteiger partial charge in [-0.15, -0.1) is 11.3 Å². The van der Waals surface area contributed by atoms with Crippen LogP contribution in [-0.2, 0) is 11.3 Å². The number of thiophene rings is 1. The molecule has 0 saturated carbocycles. The molecular weight excluding hydrogens is 517 g/mol. The van der Waals surface area contributed by atoms with Gasteiger partial charge in [0.25, 0.3) is 5.56 Å². The second kappa shape index (κ2) is 10.9. The SMILES string of the molecule is COCCCOc1ccc(F)c(F)c1COc1ccc(F)c(-n2c(=O)[nH]c3csc(C(=O)O)c3c2=O)c1. The van der Waals surface area contributed by atoms with Gasteiger partial charge in [-0.2, -0.15) is 0 Å². The molecule has 194 valence electrons. The van der Waals surface area contributed by atoms with E-state index in [1.165, 1.54) is 24.6 Å². The minimum atomic E-state index is -1.38. The summed E-state index contributed by atoms with van der Waals surface area (Å²) in [6, 6.07) is 5.25. The molecule has 2 aromatic heterocycles. The lowest BCUT2D eigenvalue weighted by atomic mass is 10.2. The molecule has 9 nitrogen and oxygen atoms in total. The Balaban J connectivity index is 1.68. The van der Waals surface area contributed by atoms with Gasteiger partial charge in [0.05, 0.1) is 28.8 Å². The summed E-state index contributed by atoms with van der Waals surface area (Å²) in [4.78, 5) is 39.1. The summed E-state index contributed by atoms with van der Waals surface area (Å²) < 4.78 is 59.5. The molecule has 13 heteroatoms. The van der Waals surface area contributed by atoms with Gasteiger partial charge in [0.1, 0.15) is 28.8 Å². The average molecular weight is 536 g/mol. The Morgan fingerprint density at radius 1 is 1.08 bits per heavy atom. The number of fused-ring (bicyclic) bond motifs is 1. The molecule has 0 aliphatic rings. The lowest BCUT2D eigenvalue weighted by Crippen LogP contribution is -2.34. The Morgan fingerprint density at radius 3 is 2.57 bits per heavy atom. The maximum absolute atomic E-state index is 14.7. The predicted octanol–water partition coefficient (Wildman–Crippen LogP) is 3.85. The number of methoxy groups -OCH3 is 1. The number of carbonyl (C=O) groups is 1. The van der Waals surface area contributed by atoms with E-state index in [0.29, 0.717) is 17.6 Å². The van der Waals surface area contributed by atoms with E-state index in [-0.39, 0.29) is 39.4 Å². The van der Waals surface area contributed by atoms with Gasteiger partial charge in [-0.25, -0.2) is 27.3 Å². The van der Waals surface area contributed by atoms with Crippen molar-refractivity contribution < 1.29 is 37.3 Å². The molecule has 0 bridgehead atoms. The fraction of sp³-hybridized carbons (Fsp3) is 0.208. The zero-order chi connectivity index (χ0) is 26.7. The van der Waals surface area contributed by atoms with Crippen LogP contribution >= 0.6 is 11.3 Å². The van der Waals surface area contributed by atoms with Gasteiger partial charge < -0.3 is 24.3 Å². The molecule has 0 spiro atoms. The molecule has 0 atom stereocenters. The molecule has 2 aromatic carbocycles. The highest BCUT2D eigenvalue weighted by molar-refractivity contribution is 7.13. The minimum absolute atomic E-state index is 0.000991. The summed E-state index contributed by atoms with van der Waals surface area (Å²) in [7, 11) is 1.51. The second-order valence-corrected chi connectivity index (χ2v) is 8.54. The van der Waals surface area contributed by atoms with Crippen molar-refractivity contribution in [1.29, 1.82) is 0 Å². The number of ether oxygens (including phenoxy) is 3. The van der Waals surface area contributed by atoms with Crippen molar-refractivity contribution >= 4 is 28.2 Å². The van der Waals surface area contributed by atoms with Crippen molar-refractivity contribution in [1.82, 2.24) is 9.55 Å². The fourth-order valence-corrected chi connectivity index (χ4v) is 4.38. The highest BCUT2D eigenvalue weighted by Crippen LogP contribution is 2.27. The summed E-state index contributed by atoms with van der Waals surface area (Å²) >= 11 is 0.736. The van der Waals surface area contributed by atoms with Crippen LogP contribution in [0.15, 0.2) is 45.3 Å². The number of hydrogen-bond donors (Lipinski definition) is 2. The van der Waals surface area contributed by atoms with Crippen LogP contribution in [0.4, 0.5) is 13.2 Å². The van der Waals surface area contributed by atoms with E-state index in [1.807, 2.05) is 0 Å². The smallest absolute Gasteiger partial charge is 0.346 e. The number of nitrogens with one attached hydrogen (secondary N) is 1. The molecule has 4 aromatic rings. The number of aromatic carboxylic acids is 1. The molecular formula is C24H19F3N2O7S. The molecule has 4 rings (SSSR count). The summed E-state index contributed by atoms with van der Waals surface area (Å²) in [6.45, 7) is 0.0471. The standard InChI is InChI=1S/C24H19F3N2O7S/c1-34-7-2-8-35-18-6-5-15(26)20(27)13(18)10-36-12-3-4-14(25)17(9-12)29-22(30)19-16(28-24(29)33)11-37-21(19)23(31)32/h3-6,9,11H,2,7-8,10H2,1H3,(H,28,33)(H,31,32). The quantitative estimate of drug-likeness (QED) is 0.296. The monoisotopic (exact) mass is 536 g/mol. The van der Waals surface area contributed by atoms with Crippen LogP contribution in [-0.4, -0.2) is 41.0 Å². The molecule has 0 fully saturated rings. The van der Waals surface area contributed by atoms with Crippen LogP contribution < -0.4 is 20.7 Å². The normalized spacial score (nSPS) is 11.1. The highest BCUT2D eigenvalue weighted by Gasteiger charge is 2.21. The van der Waals surface area contributed by atoms with Crippen LogP contribution in [0.3, 0.4) is 0 Å². The number of rotatable bonds is 10. The number of carboxylic acid groups (broad SMARTS) is 1. The van der Waals surface area contributed by atoms with Crippen molar-refractivity contribution in [3.8, 4) is 17.2 Å². The maximum Gasteiger partial charge on any atom is 0.346 e. The van der Waals surface area contributed by atoms with E-state index in [4.69, 9.17) is 14.2 Å². The third-order valence-corrected chi connectivity index (χ3v) is 6.26. The summed E-state index contributed by atoms with van der Waals surface area (Å²) in [5.41, 5.74) is -2.81. The molecule has 0 aliphatic heterocycles. The number of aromatic amines is 1. The lowest BCUT2D eigenvalue weighted by molar-refractivity contribution is 0.0704. The first-order valence-corrected chi connectivity index (χ1v) is 11.6. The molecule has 37 heavy (non-hydrogen) atoms. The van der Waals surface area contributed by atoms with Gasteiger partial charge in [-0.1, -0.05) is 0 Å². The van der Waals surface area contributed by atoms with Crippen LogP contribution in [0.5, 0.6) is 11.5 Å². The van der Waals surface area contributed by atoms with E-state index in [2.05, 4.69) is 4.98 Å². The number of carboxylic acids is 1. The Bertz CT molecular complexity index is 1600. The van der Waals surface area contributed by atoms with E-state index in [1.54, 1.807) is 0 Å². The zero-order valence-electron chi connectivity index (χ0n) is 19.2. The van der Waals surface area contributed by atoms with Crippen molar-refractivity contribution in [2.75, 3.05) is 20.3 Å². The Morgan fingerprint density at radius 2 is 1.84 bits per heavy atom. The third-order valence-electron chi connectivity index (χ3n) is 5.29. The van der Waals surface area contributed by atoms with E-state index in [0.717, 1.165) is 29.5 Å². The van der Waals surface area contributed by atoms with E-state index in [9.17, 15) is 32.7 Å². The first-order valence-electron chi connectivity index (χ1n) is 10.7. The third kappa shape index (κ3) is 5.22. The Kier molecular flexibility index (Phi) is 7.64. The first-order chi connectivity index (χ1) is 17.7. The average Bonchev–Trinajstić information content (AvgIpc) is 3.29. The van der Waals surface area contributed by atoms with Gasteiger partial charge in [-0.05, 0) is 24.3 Å². The molecule has 2 heterocycles. The van der Waals surface area contributed by atoms with Gasteiger partial charge in [0.15, 0.2) is 11.6 Å². The summed E-state index contributed by atoms with van der Waals surface area (Å²) in [5, 5.41) is 10.4. The van der Waals surface area contributed by atoms with E-state index >= 15 is 0 Å². The van der Waals surface area contributed by atoms with Crippen LogP contribution in [0.25, 0.3) is 16.6 Å². The van der Waals surface area contributed by atoms with Gasteiger partial charge in [0.2, 0.25) is 0 Å². The molecule has 0 unspecified atom stereocenters. The summed E-state index contributed by atoms with van der Waals surface area (Å²) in [5.74, 6) is -4.73. The predicted molar refractivity (Wildman–Crippen MR) is 128 cm³/mol. The zero-order valence-corrected chi connectivity index (χ0v) is 20.0. The minimum Gasteiger partial charge on any atom is -0.493 e. The van der Waals surface area contributed by atoms with Crippen molar-refractivity contribution in [2.24, 2.45) is 0 Å². The number of halogens is 3. The molecule has 0 aliphatic carbocycles. The van der Waals surface area contributed by atoms with Crippen LogP contribution in [0.2, 0.25) is 0 Å². The number of benzene rings is 2. The van der Waals surface area contributed by atoms with Gasteiger partial charge >= 0.3 is 11.7 Å². The molecule has 0 radical (unpaired) electrons. The van der Waals surface area contributed by atoms with Crippen molar-refractivity contribution in [3.05, 3.63) is 84.4 Å². The topological polar surface area (TPSA) is 120 Å². The molecule has 2 N–H and O–H groups in total. The molecule has 0 saturated heterocycles.